The van der Waals surface area contributed by atoms with E-state index >= 15 is 0 Å². The van der Waals surface area contributed by atoms with E-state index in [9.17, 15) is 9.35 Å². The fourth-order valence-electron chi connectivity index (χ4n) is 4.69. The number of carbonyl (C=O) groups excluding carboxylic acids is 1. The molecule has 1 unspecified atom stereocenters. The van der Waals surface area contributed by atoms with Gasteiger partial charge in [-0.15, -0.1) is 4.72 Å². The van der Waals surface area contributed by atoms with Gasteiger partial charge < -0.3 is 15.2 Å². The monoisotopic (exact) mass is 515 g/mol. The van der Waals surface area contributed by atoms with Crippen LogP contribution >= 0.6 is 11.6 Å². The summed E-state index contributed by atoms with van der Waals surface area (Å²) < 4.78 is 16.2. The van der Waals surface area contributed by atoms with Gasteiger partial charge in [-0.25, -0.2) is 9.97 Å². The van der Waals surface area contributed by atoms with E-state index in [-0.39, 0.29) is 18.4 Å². The first-order valence-corrected chi connectivity index (χ1v) is 13.1. The lowest BCUT2D eigenvalue weighted by molar-refractivity contribution is -0.115. The van der Waals surface area contributed by atoms with Gasteiger partial charge in [0.25, 0.3) is 0 Å². The number of carbonyl (C=O) groups is 1. The number of hydrogen-bond donors (Lipinski definition) is 3. The fourth-order valence-corrected chi connectivity index (χ4v) is 5.89. The van der Waals surface area contributed by atoms with Gasteiger partial charge in [0, 0.05) is 28.0 Å². The van der Waals surface area contributed by atoms with E-state index in [4.69, 9.17) is 16.6 Å². The second-order valence-electron chi connectivity index (χ2n) is 8.81. The summed E-state index contributed by atoms with van der Waals surface area (Å²) in [5.74, 6) is 0.262. The molecule has 2 heterocycles. The van der Waals surface area contributed by atoms with Gasteiger partial charge in [0.1, 0.15) is 0 Å². The zero-order valence-electron chi connectivity index (χ0n) is 19.1. The number of amides is 1. The number of halogens is 1. The molecule has 3 aromatic carbocycles. The van der Waals surface area contributed by atoms with E-state index in [1.807, 2.05) is 42.5 Å². The Morgan fingerprint density at radius 3 is 2.75 bits per heavy atom. The summed E-state index contributed by atoms with van der Waals surface area (Å²) in [6.45, 7) is 0. The van der Waals surface area contributed by atoms with Crippen LogP contribution in [0.15, 0.2) is 77.8 Å². The highest BCUT2D eigenvalue weighted by Gasteiger charge is 2.27. The summed E-state index contributed by atoms with van der Waals surface area (Å²) in [4.78, 5) is 22.1. The van der Waals surface area contributed by atoms with Crippen LogP contribution in [0.5, 0.6) is 0 Å². The minimum absolute atomic E-state index is 0.0898. The van der Waals surface area contributed by atoms with Gasteiger partial charge in [-0.2, -0.15) is 0 Å². The predicted octanol–water partition coefficient (Wildman–Crippen LogP) is 5.33. The van der Waals surface area contributed by atoms with E-state index in [1.165, 1.54) is 11.1 Å². The topological polar surface area (TPSA) is 102 Å². The van der Waals surface area contributed by atoms with Crippen LogP contribution in [-0.2, 0) is 29.0 Å². The van der Waals surface area contributed by atoms with Crippen molar-refractivity contribution < 1.29 is 9.35 Å². The highest BCUT2D eigenvalue weighted by molar-refractivity contribution is 7.89. The molecule has 4 aromatic rings. The summed E-state index contributed by atoms with van der Waals surface area (Å²) in [6, 6.07) is 21.1. The molecule has 1 amide bonds. The minimum Gasteiger partial charge on any atom is -0.593 e. The summed E-state index contributed by atoms with van der Waals surface area (Å²) in [5, 5.41) is 6.62. The summed E-state index contributed by atoms with van der Waals surface area (Å²) in [5.41, 5.74) is 6.14. The Balaban J connectivity index is 1.19. The van der Waals surface area contributed by atoms with Crippen LogP contribution in [0.4, 0.5) is 17.3 Å². The van der Waals surface area contributed by atoms with Gasteiger partial charge >= 0.3 is 0 Å². The number of nitrogens with zero attached hydrogens (tertiary/aromatic N) is 2. The standard InChI is InChI=1S/C27H22ClN5O2S/c28-18-6-11-22-24(14-18)31-25(34)13-17-15-29-27(32-26(17)22)30-19-7-9-20(10-8-19)36(35)33-23-12-5-16-3-1-2-4-21(16)23/h1-4,6-11,14-15,23,33H,5,12-13H2,(H,31,34)(H,29,30,32)/t23-,36?/m1/s1. The molecule has 36 heavy (non-hydrogen) atoms. The highest BCUT2D eigenvalue weighted by atomic mass is 35.5. The van der Waals surface area contributed by atoms with Crippen LogP contribution in [0.3, 0.4) is 0 Å². The van der Waals surface area contributed by atoms with Crippen molar-refractivity contribution in [1.82, 2.24) is 14.7 Å². The zero-order valence-corrected chi connectivity index (χ0v) is 20.7. The van der Waals surface area contributed by atoms with E-state index in [2.05, 4.69) is 32.5 Å². The van der Waals surface area contributed by atoms with Gasteiger partial charge in [0.05, 0.1) is 35.2 Å². The Hall–Kier alpha value is -3.43. The van der Waals surface area contributed by atoms with E-state index in [0.29, 0.717) is 27.2 Å². The normalized spacial score (nSPS) is 16.8. The molecule has 9 heteroatoms. The summed E-state index contributed by atoms with van der Waals surface area (Å²) in [7, 11) is 0. The van der Waals surface area contributed by atoms with Crippen molar-refractivity contribution in [1.29, 1.82) is 0 Å². The third kappa shape index (κ3) is 4.56. The lowest BCUT2D eigenvalue weighted by Crippen LogP contribution is -2.27. The van der Waals surface area contributed by atoms with Crippen LogP contribution < -0.4 is 15.4 Å². The van der Waals surface area contributed by atoms with Crippen molar-refractivity contribution in [2.75, 3.05) is 10.6 Å². The number of fused-ring (bicyclic) bond motifs is 4. The van der Waals surface area contributed by atoms with Crippen molar-refractivity contribution in [2.24, 2.45) is 0 Å². The largest absolute Gasteiger partial charge is 0.593 e. The molecule has 1 aliphatic carbocycles. The quantitative estimate of drug-likeness (QED) is 0.310. The molecule has 6 rings (SSSR count). The highest BCUT2D eigenvalue weighted by Crippen LogP contribution is 2.35. The number of nitrogens with one attached hydrogen (secondary N) is 3. The molecular formula is C27H22ClN5O2S. The number of benzene rings is 3. The van der Waals surface area contributed by atoms with Crippen LogP contribution in [-0.4, -0.2) is 20.4 Å². The molecule has 0 bridgehead atoms. The van der Waals surface area contributed by atoms with Crippen molar-refractivity contribution in [3.05, 3.63) is 94.6 Å². The molecule has 2 atom stereocenters. The molecule has 180 valence electrons. The van der Waals surface area contributed by atoms with Crippen LogP contribution in [0.1, 0.15) is 29.2 Å². The smallest absolute Gasteiger partial charge is 0.228 e. The summed E-state index contributed by atoms with van der Waals surface area (Å²) >= 11 is 4.80. The average Bonchev–Trinajstić information content (AvgIpc) is 3.22. The first-order chi connectivity index (χ1) is 17.5. The van der Waals surface area contributed by atoms with Crippen molar-refractivity contribution in [3.8, 4) is 11.3 Å². The Kier molecular flexibility index (Phi) is 6.10. The second kappa shape index (κ2) is 9.55. The average molecular weight is 516 g/mol. The van der Waals surface area contributed by atoms with Gasteiger partial charge in [-0.3, -0.25) is 4.79 Å². The minimum atomic E-state index is -1.33. The van der Waals surface area contributed by atoms with Gasteiger partial charge in [-0.05, 0) is 66.4 Å². The van der Waals surface area contributed by atoms with Crippen LogP contribution in [0.25, 0.3) is 11.3 Å². The SMILES string of the molecule is O=C1Cc2cnc(Nc3ccc([S+]([O-])N[C@@H]4CCc5ccccc54)cc3)nc2-c2ccc(Cl)cc2N1. The second-order valence-corrected chi connectivity index (χ2v) is 10.5. The molecular weight excluding hydrogens is 494 g/mol. The Labute approximate surface area is 216 Å². The maximum absolute atomic E-state index is 13.0. The third-order valence-corrected chi connectivity index (χ3v) is 7.87. The van der Waals surface area contributed by atoms with Gasteiger partial charge in [0.2, 0.25) is 11.9 Å². The first kappa shape index (κ1) is 23.0. The van der Waals surface area contributed by atoms with Gasteiger partial charge in [0.15, 0.2) is 4.90 Å². The molecule has 0 saturated heterocycles. The number of aromatic nitrogens is 2. The molecule has 2 aliphatic rings. The number of rotatable bonds is 5. The molecule has 0 radical (unpaired) electrons. The number of anilines is 3. The molecule has 1 aliphatic heterocycles. The molecule has 0 fully saturated rings. The van der Waals surface area contributed by atoms with Crippen molar-refractivity contribution in [3.63, 3.8) is 0 Å². The molecule has 0 saturated carbocycles. The van der Waals surface area contributed by atoms with Crippen molar-refractivity contribution in [2.45, 2.75) is 30.2 Å². The molecule has 7 nitrogen and oxygen atoms in total. The maximum Gasteiger partial charge on any atom is 0.228 e. The predicted molar refractivity (Wildman–Crippen MR) is 142 cm³/mol. The van der Waals surface area contributed by atoms with E-state index < -0.39 is 11.4 Å². The molecule has 0 spiro atoms. The Morgan fingerprint density at radius 1 is 1.06 bits per heavy atom. The first-order valence-electron chi connectivity index (χ1n) is 11.6. The number of aryl methyl sites for hydroxylation is 1. The van der Waals surface area contributed by atoms with Crippen LogP contribution in [0, 0.1) is 0 Å². The van der Waals surface area contributed by atoms with Crippen molar-refractivity contribution >= 4 is 46.2 Å². The van der Waals surface area contributed by atoms with E-state index in [1.54, 1.807) is 18.3 Å². The summed E-state index contributed by atoms with van der Waals surface area (Å²) in [6.07, 6.45) is 3.79. The van der Waals surface area contributed by atoms with Gasteiger partial charge in [-0.1, -0.05) is 35.9 Å². The fraction of sp³-hybridized carbons (Fsp3) is 0.148. The Bertz CT molecular complexity index is 1460. The van der Waals surface area contributed by atoms with Crippen LogP contribution in [0.2, 0.25) is 5.02 Å². The molecule has 3 N–H and O–H groups in total. The van der Waals surface area contributed by atoms with E-state index in [0.717, 1.165) is 29.7 Å². The lowest BCUT2D eigenvalue weighted by atomic mass is 10.1. The lowest BCUT2D eigenvalue weighted by Gasteiger charge is -2.17. The zero-order chi connectivity index (χ0) is 24.6. The maximum atomic E-state index is 13.0. The third-order valence-electron chi connectivity index (χ3n) is 6.43. The number of hydrogen-bond acceptors (Lipinski definition) is 6. The Morgan fingerprint density at radius 2 is 1.89 bits per heavy atom. The molecule has 1 aromatic heterocycles.